The van der Waals surface area contributed by atoms with Gasteiger partial charge in [-0.15, -0.1) is 0 Å². The predicted octanol–water partition coefficient (Wildman–Crippen LogP) is 1.87. The van der Waals surface area contributed by atoms with Crippen molar-refractivity contribution < 1.29 is 22.4 Å². The van der Waals surface area contributed by atoms with Crippen molar-refractivity contribution in [1.82, 2.24) is 20.4 Å². The molecule has 9 heteroatoms. The number of carbonyl (C=O) groups excluding carboxylic acids is 1. The molecule has 1 N–H and O–H groups in total. The van der Waals surface area contributed by atoms with Gasteiger partial charge in [-0.3, -0.25) is 14.8 Å². The van der Waals surface area contributed by atoms with Gasteiger partial charge in [0.15, 0.2) is 12.1 Å². The molecule has 0 saturated carbocycles. The highest BCUT2D eigenvalue weighted by Crippen LogP contribution is 2.28. The van der Waals surface area contributed by atoms with Gasteiger partial charge >= 0.3 is 6.18 Å². The number of alkyl halides is 3. The molecule has 0 aliphatic rings. The Labute approximate surface area is 117 Å². The van der Waals surface area contributed by atoms with Gasteiger partial charge in [-0.05, 0) is 12.1 Å². The molecule has 2 rings (SSSR count). The second kappa shape index (κ2) is 5.92. The van der Waals surface area contributed by atoms with Crippen LogP contribution in [0.25, 0.3) is 0 Å². The van der Waals surface area contributed by atoms with Crippen molar-refractivity contribution in [2.75, 3.05) is 7.05 Å². The molecule has 112 valence electrons. The van der Waals surface area contributed by atoms with E-state index in [1.54, 1.807) is 0 Å². The highest BCUT2D eigenvalue weighted by molar-refractivity contribution is 5.91. The number of hydrogen-bond donors (Lipinski definition) is 1. The number of hydrogen-bond acceptors (Lipinski definition) is 5. The molecular formula is C12H11F3N4O2. The van der Waals surface area contributed by atoms with Crippen molar-refractivity contribution in [1.29, 1.82) is 0 Å². The SMILES string of the molecule is CN(NCc1ccc(C(F)(F)F)cn1)C(=O)c1cocn1. The number of nitrogens with one attached hydrogen (secondary N) is 1. The normalized spacial score (nSPS) is 11.4. The monoisotopic (exact) mass is 300 g/mol. The summed E-state index contributed by atoms with van der Waals surface area (Å²) in [5.74, 6) is -0.435. The van der Waals surface area contributed by atoms with E-state index in [0.29, 0.717) is 5.69 Å². The maximum Gasteiger partial charge on any atom is 0.417 e. The van der Waals surface area contributed by atoms with E-state index in [0.717, 1.165) is 23.7 Å². The van der Waals surface area contributed by atoms with Crippen molar-refractivity contribution in [3.05, 3.63) is 47.9 Å². The lowest BCUT2D eigenvalue weighted by atomic mass is 10.2. The van der Waals surface area contributed by atoms with Crippen LogP contribution in [0.1, 0.15) is 21.7 Å². The summed E-state index contributed by atoms with van der Waals surface area (Å²) >= 11 is 0. The third-order valence-corrected chi connectivity index (χ3v) is 2.61. The zero-order valence-electron chi connectivity index (χ0n) is 10.9. The van der Waals surface area contributed by atoms with Crippen LogP contribution in [0.2, 0.25) is 0 Å². The number of carbonyl (C=O) groups is 1. The van der Waals surface area contributed by atoms with E-state index in [1.807, 2.05) is 0 Å². The van der Waals surface area contributed by atoms with Crippen LogP contribution in [-0.4, -0.2) is 27.9 Å². The van der Waals surface area contributed by atoms with Crippen LogP contribution >= 0.6 is 0 Å². The summed E-state index contributed by atoms with van der Waals surface area (Å²) in [6.45, 7) is 0.0955. The van der Waals surface area contributed by atoms with E-state index in [2.05, 4.69) is 19.8 Å². The van der Waals surface area contributed by atoms with Crippen molar-refractivity contribution in [2.24, 2.45) is 0 Å². The quantitative estimate of drug-likeness (QED) is 0.873. The van der Waals surface area contributed by atoms with E-state index < -0.39 is 17.6 Å². The zero-order chi connectivity index (χ0) is 15.5. The minimum absolute atomic E-state index is 0.0955. The Balaban J connectivity index is 1.92. The fourth-order valence-corrected chi connectivity index (χ4v) is 1.46. The Morgan fingerprint density at radius 3 is 2.67 bits per heavy atom. The van der Waals surface area contributed by atoms with Gasteiger partial charge < -0.3 is 4.42 Å². The van der Waals surface area contributed by atoms with E-state index >= 15 is 0 Å². The van der Waals surface area contributed by atoms with Gasteiger partial charge in [0, 0.05) is 13.2 Å². The first-order valence-electron chi connectivity index (χ1n) is 5.80. The summed E-state index contributed by atoms with van der Waals surface area (Å²) in [5.41, 5.74) is 2.36. The molecular weight excluding hydrogens is 289 g/mol. The average Bonchev–Trinajstić information content (AvgIpc) is 2.97. The standard InChI is InChI=1S/C12H11F3N4O2/c1-19(11(20)10-6-21-7-17-10)18-5-9-3-2-8(4-16-9)12(13,14)15/h2-4,6-7,18H,5H2,1H3. The second-order valence-corrected chi connectivity index (χ2v) is 4.11. The van der Waals surface area contributed by atoms with E-state index in [1.165, 1.54) is 19.4 Å². The highest BCUT2D eigenvalue weighted by Gasteiger charge is 2.30. The Bertz CT molecular complexity index is 596. The summed E-state index contributed by atoms with van der Waals surface area (Å²) < 4.78 is 41.8. The Hall–Kier alpha value is -2.42. The minimum Gasteiger partial charge on any atom is -0.451 e. The molecule has 0 spiro atoms. The lowest BCUT2D eigenvalue weighted by molar-refractivity contribution is -0.137. The predicted molar refractivity (Wildman–Crippen MR) is 64.7 cm³/mol. The van der Waals surface area contributed by atoms with E-state index in [-0.39, 0.29) is 12.2 Å². The number of aromatic nitrogens is 2. The fraction of sp³-hybridized carbons (Fsp3) is 0.250. The number of pyridine rings is 1. The number of nitrogens with zero attached hydrogens (tertiary/aromatic N) is 3. The molecule has 21 heavy (non-hydrogen) atoms. The van der Waals surface area contributed by atoms with Crippen molar-refractivity contribution >= 4 is 5.91 Å². The molecule has 1 amide bonds. The van der Waals surface area contributed by atoms with Gasteiger partial charge in [0.2, 0.25) is 0 Å². The first-order chi connectivity index (χ1) is 9.88. The number of halogens is 3. The topological polar surface area (TPSA) is 71.3 Å². The summed E-state index contributed by atoms with van der Waals surface area (Å²) in [5, 5.41) is 1.15. The Kier molecular flexibility index (Phi) is 4.22. The van der Waals surface area contributed by atoms with Crippen molar-refractivity contribution in [2.45, 2.75) is 12.7 Å². The summed E-state index contributed by atoms with van der Waals surface area (Å²) in [4.78, 5) is 19.2. The van der Waals surface area contributed by atoms with Crippen LogP contribution in [0, 0.1) is 0 Å². The smallest absolute Gasteiger partial charge is 0.417 e. The molecule has 0 atom stereocenters. The largest absolute Gasteiger partial charge is 0.451 e. The van der Waals surface area contributed by atoms with Gasteiger partial charge in [0.1, 0.15) is 6.26 Å². The molecule has 0 bridgehead atoms. The maximum atomic E-state index is 12.4. The third-order valence-electron chi connectivity index (χ3n) is 2.61. The fourth-order valence-electron chi connectivity index (χ4n) is 1.46. The van der Waals surface area contributed by atoms with Gasteiger partial charge in [0.25, 0.3) is 5.91 Å². The zero-order valence-corrected chi connectivity index (χ0v) is 10.9. The van der Waals surface area contributed by atoms with Gasteiger partial charge in [-0.1, -0.05) is 0 Å². The van der Waals surface area contributed by atoms with Gasteiger partial charge in [0.05, 0.1) is 17.8 Å². The van der Waals surface area contributed by atoms with E-state index in [4.69, 9.17) is 0 Å². The number of oxazole rings is 1. The number of rotatable bonds is 4. The molecule has 2 heterocycles. The average molecular weight is 300 g/mol. The van der Waals surface area contributed by atoms with Crippen molar-refractivity contribution in [3.8, 4) is 0 Å². The molecule has 0 aliphatic heterocycles. The van der Waals surface area contributed by atoms with E-state index in [9.17, 15) is 18.0 Å². The summed E-state index contributed by atoms with van der Waals surface area (Å²) in [6, 6.07) is 2.17. The molecule has 0 radical (unpaired) electrons. The molecule has 2 aromatic rings. The van der Waals surface area contributed by atoms with Gasteiger partial charge in [-0.2, -0.15) is 13.2 Å². The molecule has 0 aliphatic carbocycles. The number of hydrazine groups is 1. The second-order valence-electron chi connectivity index (χ2n) is 4.11. The van der Waals surface area contributed by atoms with Crippen LogP contribution in [0.15, 0.2) is 35.4 Å². The lowest BCUT2D eigenvalue weighted by Crippen LogP contribution is -2.39. The highest BCUT2D eigenvalue weighted by atomic mass is 19.4. The van der Waals surface area contributed by atoms with Crippen LogP contribution in [0.4, 0.5) is 13.2 Å². The van der Waals surface area contributed by atoms with Crippen LogP contribution in [-0.2, 0) is 12.7 Å². The molecule has 0 unspecified atom stereocenters. The minimum atomic E-state index is -4.42. The molecule has 2 aromatic heterocycles. The Morgan fingerprint density at radius 1 is 1.38 bits per heavy atom. The molecule has 0 saturated heterocycles. The van der Waals surface area contributed by atoms with Crippen molar-refractivity contribution in [3.63, 3.8) is 0 Å². The van der Waals surface area contributed by atoms with Gasteiger partial charge in [-0.25, -0.2) is 10.4 Å². The molecule has 0 fully saturated rings. The third kappa shape index (κ3) is 3.78. The number of amides is 1. The Morgan fingerprint density at radius 2 is 2.14 bits per heavy atom. The van der Waals surface area contributed by atoms with Crippen LogP contribution in [0.5, 0.6) is 0 Å². The molecule has 6 nitrogen and oxygen atoms in total. The first kappa shape index (κ1) is 15.0. The van der Waals surface area contributed by atoms with Crippen LogP contribution < -0.4 is 5.43 Å². The molecule has 0 aromatic carbocycles. The lowest BCUT2D eigenvalue weighted by Gasteiger charge is -2.16. The first-order valence-corrected chi connectivity index (χ1v) is 5.80. The summed E-state index contributed by atoms with van der Waals surface area (Å²) in [6.07, 6.45) is -1.36. The maximum absolute atomic E-state index is 12.4. The van der Waals surface area contributed by atoms with Crippen LogP contribution in [0.3, 0.4) is 0 Å². The summed E-state index contributed by atoms with van der Waals surface area (Å²) in [7, 11) is 1.46.